The lowest BCUT2D eigenvalue weighted by Crippen LogP contribution is -2.69. The average Bonchev–Trinajstić information content (AvgIpc) is 3.30. The zero-order valence-corrected chi connectivity index (χ0v) is 19.6. The molecule has 172 valence electrons. The lowest BCUT2D eigenvalue weighted by molar-refractivity contribution is -0.129. The number of benzene rings is 2. The zero-order chi connectivity index (χ0) is 22.8. The summed E-state index contributed by atoms with van der Waals surface area (Å²) in [5, 5.41) is 11.9. The predicted molar refractivity (Wildman–Crippen MR) is 132 cm³/mol. The van der Waals surface area contributed by atoms with Crippen LogP contribution >= 0.6 is 11.8 Å². The van der Waals surface area contributed by atoms with Crippen LogP contribution in [0, 0.1) is 5.92 Å². The van der Waals surface area contributed by atoms with Crippen molar-refractivity contribution in [3.63, 3.8) is 0 Å². The molecule has 2 fully saturated rings. The number of likely N-dealkylation sites (tertiary alicyclic amines) is 1. The molecule has 5 unspecified atom stereocenters. The van der Waals surface area contributed by atoms with Crippen molar-refractivity contribution in [1.82, 2.24) is 20.9 Å². The summed E-state index contributed by atoms with van der Waals surface area (Å²) in [5.41, 5.74) is 3.41. The Kier molecular flexibility index (Phi) is 6.53. The van der Waals surface area contributed by atoms with Crippen molar-refractivity contribution in [2.24, 2.45) is 5.92 Å². The summed E-state index contributed by atoms with van der Waals surface area (Å²) in [6.07, 6.45) is 1.52. The van der Waals surface area contributed by atoms with Crippen LogP contribution in [0.1, 0.15) is 36.9 Å². The third kappa shape index (κ3) is 4.71. The molecule has 0 aromatic heterocycles. The smallest absolute Gasteiger partial charge is 0.237 e. The van der Waals surface area contributed by atoms with E-state index >= 15 is 0 Å². The highest BCUT2D eigenvalue weighted by Gasteiger charge is 2.44. The third-order valence-electron chi connectivity index (χ3n) is 6.81. The number of rotatable bonds is 5. The first-order chi connectivity index (χ1) is 16.1. The SMILES string of the molecule is CC(NC(=O)C1CCCN(C2NC(=O)C3SC=C(c4ccccc4)C3N2)C1)c1ccccc1. The Morgan fingerprint density at radius 1 is 1.12 bits per heavy atom. The number of thioether (sulfide) groups is 1. The van der Waals surface area contributed by atoms with Gasteiger partial charge in [-0.05, 0) is 41.9 Å². The van der Waals surface area contributed by atoms with Crippen molar-refractivity contribution in [2.75, 3.05) is 13.1 Å². The summed E-state index contributed by atoms with van der Waals surface area (Å²) in [4.78, 5) is 28.2. The second-order valence-electron chi connectivity index (χ2n) is 9.03. The van der Waals surface area contributed by atoms with Crippen LogP contribution in [-0.2, 0) is 9.59 Å². The Morgan fingerprint density at radius 2 is 1.85 bits per heavy atom. The number of fused-ring (bicyclic) bond motifs is 1. The molecule has 0 bridgehead atoms. The molecular formula is C26H30N4O2S. The van der Waals surface area contributed by atoms with Crippen molar-refractivity contribution in [3.8, 4) is 0 Å². The molecule has 2 aromatic carbocycles. The van der Waals surface area contributed by atoms with Gasteiger partial charge in [-0.25, -0.2) is 0 Å². The van der Waals surface area contributed by atoms with Gasteiger partial charge in [-0.15, -0.1) is 11.8 Å². The molecule has 0 saturated carbocycles. The molecule has 3 heterocycles. The maximum absolute atomic E-state index is 13.0. The highest BCUT2D eigenvalue weighted by atomic mass is 32.2. The van der Waals surface area contributed by atoms with Gasteiger partial charge in [0.25, 0.3) is 0 Å². The van der Waals surface area contributed by atoms with Crippen molar-refractivity contribution in [2.45, 2.75) is 43.4 Å². The van der Waals surface area contributed by atoms with E-state index in [0.717, 1.165) is 36.1 Å². The Balaban J connectivity index is 1.24. The van der Waals surface area contributed by atoms with Crippen LogP contribution in [0.25, 0.3) is 5.57 Å². The van der Waals surface area contributed by atoms with E-state index in [9.17, 15) is 9.59 Å². The van der Waals surface area contributed by atoms with E-state index < -0.39 is 0 Å². The molecule has 3 aliphatic heterocycles. The predicted octanol–water partition coefficient (Wildman–Crippen LogP) is 3.10. The van der Waals surface area contributed by atoms with E-state index in [1.165, 1.54) is 0 Å². The van der Waals surface area contributed by atoms with Crippen LogP contribution in [0.15, 0.2) is 66.1 Å². The van der Waals surface area contributed by atoms with Crippen molar-refractivity contribution < 1.29 is 9.59 Å². The highest BCUT2D eigenvalue weighted by Crippen LogP contribution is 2.38. The molecule has 2 aromatic rings. The second kappa shape index (κ2) is 9.71. The third-order valence-corrected chi connectivity index (χ3v) is 7.98. The van der Waals surface area contributed by atoms with Gasteiger partial charge < -0.3 is 10.6 Å². The number of nitrogens with zero attached hydrogens (tertiary/aromatic N) is 1. The van der Waals surface area contributed by atoms with Gasteiger partial charge in [0.1, 0.15) is 11.5 Å². The Morgan fingerprint density at radius 3 is 2.61 bits per heavy atom. The van der Waals surface area contributed by atoms with E-state index in [1.54, 1.807) is 11.8 Å². The van der Waals surface area contributed by atoms with Gasteiger partial charge in [0, 0.05) is 13.1 Å². The van der Waals surface area contributed by atoms with E-state index in [2.05, 4.69) is 38.4 Å². The zero-order valence-electron chi connectivity index (χ0n) is 18.7. The molecule has 7 heteroatoms. The van der Waals surface area contributed by atoms with Crippen LogP contribution < -0.4 is 16.0 Å². The van der Waals surface area contributed by atoms with E-state index in [-0.39, 0.29) is 41.4 Å². The summed E-state index contributed by atoms with van der Waals surface area (Å²) in [6, 6.07) is 20.2. The first-order valence-corrected chi connectivity index (χ1v) is 12.6. The second-order valence-corrected chi connectivity index (χ2v) is 10.0. The standard InChI is InChI=1S/C26H30N4O2S/c1-17(18-9-4-2-5-10-18)27-24(31)20-13-8-14-30(15-20)26-28-22-21(19-11-6-3-7-12-19)16-33-23(22)25(32)29-26/h2-7,9-12,16-17,20,22-23,26,28H,8,13-15H2,1H3,(H,27,31)(H,29,32). The number of carbonyl (C=O) groups is 2. The molecular weight excluding hydrogens is 432 g/mol. The topological polar surface area (TPSA) is 73.5 Å². The molecule has 0 spiro atoms. The first kappa shape index (κ1) is 22.2. The van der Waals surface area contributed by atoms with Gasteiger partial charge in [0.15, 0.2) is 0 Å². The van der Waals surface area contributed by atoms with E-state index in [0.29, 0.717) is 6.54 Å². The normalized spacial score (nSPS) is 28.4. The first-order valence-electron chi connectivity index (χ1n) is 11.7. The Bertz CT molecular complexity index is 1030. The number of amides is 2. The van der Waals surface area contributed by atoms with Crippen LogP contribution in [0.3, 0.4) is 0 Å². The van der Waals surface area contributed by atoms with Gasteiger partial charge in [0.05, 0.1) is 18.0 Å². The summed E-state index contributed by atoms with van der Waals surface area (Å²) >= 11 is 1.58. The lowest BCUT2D eigenvalue weighted by atomic mass is 9.94. The van der Waals surface area contributed by atoms with Crippen LogP contribution in [0.4, 0.5) is 0 Å². The van der Waals surface area contributed by atoms with Crippen LogP contribution in [0.5, 0.6) is 0 Å². The summed E-state index contributed by atoms with van der Waals surface area (Å²) in [6.45, 7) is 3.50. The maximum atomic E-state index is 13.0. The van der Waals surface area contributed by atoms with Gasteiger partial charge in [-0.2, -0.15) is 0 Å². The fourth-order valence-electron chi connectivity index (χ4n) is 4.97. The van der Waals surface area contributed by atoms with Crippen LogP contribution in [-0.4, -0.2) is 47.4 Å². The van der Waals surface area contributed by atoms with Crippen molar-refractivity contribution in [3.05, 3.63) is 77.2 Å². The van der Waals surface area contributed by atoms with Gasteiger partial charge in [-0.3, -0.25) is 19.8 Å². The number of piperidine rings is 1. The Hall–Kier alpha value is -2.61. The monoisotopic (exact) mass is 462 g/mol. The molecule has 0 aliphatic carbocycles. The largest absolute Gasteiger partial charge is 0.349 e. The van der Waals surface area contributed by atoms with Gasteiger partial charge in [-0.1, -0.05) is 60.7 Å². The van der Waals surface area contributed by atoms with Crippen molar-refractivity contribution >= 4 is 29.1 Å². The van der Waals surface area contributed by atoms with E-state index in [1.807, 2.05) is 55.5 Å². The number of carbonyl (C=O) groups excluding carboxylic acids is 2. The summed E-state index contributed by atoms with van der Waals surface area (Å²) < 4.78 is 0. The molecule has 3 aliphatic rings. The average molecular weight is 463 g/mol. The maximum Gasteiger partial charge on any atom is 0.237 e. The van der Waals surface area contributed by atoms with Gasteiger partial charge in [0.2, 0.25) is 11.8 Å². The quantitative estimate of drug-likeness (QED) is 0.637. The number of nitrogens with one attached hydrogen (secondary N) is 3. The minimum Gasteiger partial charge on any atom is -0.349 e. The highest BCUT2D eigenvalue weighted by molar-refractivity contribution is 8.04. The van der Waals surface area contributed by atoms with Crippen LogP contribution in [0.2, 0.25) is 0 Å². The molecule has 5 atom stereocenters. The minimum absolute atomic E-state index is 0.0311. The molecule has 2 amide bonds. The molecule has 2 saturated heterocycles. The van der Waals surface area contributed by atoms with Crippen molar-refractivity contribution in [1.29, 1.82) is 0 Å². The fourth-order valence-corrected chi connectivity index (χ4v) is 6.12. The summed E-state index contributed by atoms with van der Waals surface area (Å²) in [5.74, 6) is 0.0426. The molecule has 33 heavy (non-hydrogen) atoms. The van der Waals surface area contributed by atoms with E-state index in [4.69, 9.17) is 0 Å². The lowest BCUT2D eigenvalue weighted by Gasteiger charge is -2.43. The molecule has 0 radical (unpaired) electrons. The Labute approximate surface area is 199 Å². The number of hydrogen-bond acceptors (Lipinski definition) is 5. The van der Waals surface area contributed by atoms with Gasteiger partial charge >= 0.3 is 0 Å². The molecule has 6 nitrogen and oxygen atoms in total. The fraction of sp³-hybridized carbons (Fsp3) is 0.385. The molecule has 3 N–H and O–H groups in total. The number of hydrogen-bond donors (Lipinski definition) is 3. The molecule has 5 rings (SSSR count). The summed E-state index contributed by atoms with van der Waals surface area (Å²) in [7, 11) is 0. The minimum atomic E-state index is -0.272.